The molecule has 2 aromatic heterocycles. The predicted octanol–water partition coefficient (Wildman–Crippen LogP) is 2.14. The van der Waals surface area contributed by atoms with Crippen LogP contribution in [0.4, 0.5) is 23.3 Å². The molecule has 0 aliphatic carbocycles. The molecule has 0 bridgehead atoms. The minimum Gasteiger partial charge on any atom is -0.383 e. The van der Waals surface area contributed by atoms with Gasteiger partial charge in [0.2, 0.25) is 5.91 Å². The second-order valence-electron chi connectivity index (χ2n) is 8.14. The van der Waals surface area contributed by atoms with E-state index in [1.54, 1.807) is 4.90 Å². The van der Waals surface area contributed by atoms with Crippen molar-refractivity contribution in [2.24, 2.45) is 0 Å². The second kappa shape index (κ2) is 8.04. The van der Waals surface area contributed by atoms with Crippen LogP contribution in [0.25, 0.3) is 10.8 Å². The molecule has 31 heavy (non-hydrogen) atoms. The third-order valence-corrected chi connectivity index (χ3v) is 5.81. The summed E-state index contributed by atoms with van der Waals surface area (Å²) < 4.78 is 5.71. The van der Waals surface area contributed by atoms with Gasteiger partial charge in [-0.2, -0.15) is 5.26 Å². The Kier molecular flexibility index (Phi) is 5.41. The van der Waals surface area contributed by atoms with E-state index in [4.69, 9.17) is 16.2 Å². The molecule has 2 aliphatic heterocycles. The first-order valence-corrected chi connectivity index (χ1v) is 10.5. The van der Waals surface area contributed by atoms with Gasteiger partial charge in [0.25, 0.3) is 0 Å². The number of amides is 1. The predicted molar refractivity (Wildman–Crippen MR) is 121 cm³/mol. The van der Waals surface area contributed by atoms with Crippen molar-refractivity contribution in [3.05, 3.63) is 23.3 Å². The highest BCUT2D eigenvalue weighted by atomic mass is 16.5. The number of hydrogen-bond acceptors (Lipinski definition) is 8. The molecule has 1 atom stereocenters. The van der Waals surface area contributed by atoms with Crippen LogP contribution in [0.5, 0.6) is 0 Å². The molecule has 0 spiro atoms. The van der Waals surface area contributed by atoms with Crippen LogP contribution >= 0.6 is 0 Å². The Morgan fingerprint density at radius 3 is 2.71 bits per heavy atom. The zero-order chi connectivity index (χ0) is 22.3. The maximum atomic E-state index is 12.9. The van der Waals surface area contributed by atoms with Crippen LogP contribution in [0.3, 0.4) is 0 Å². The van der Waals surface area contributed by atoms with Gasteiger partial charge in [-0.25, -0.2) is 9.97 Å². The number of nitrogens with zero attached hydrogens (tertiary/aromatic N) is 5. The zero-order valence-corrected chi connectivity index (χ0v) is 17.9. The Hall–Kier alpha value is -3.38. The minimum absolute atomic E-state index is 0.0201. The number of nitrogen functional groups attached to an aromatic ring is 2. The van der Waals surface area contributed by atoms with E-state index < -0.39 is 0 Å². The van der Waals surface area contributed by atoms with Gasteiger partial charge in [0, 0.05) is 30.6 Å². The van der Waals surface area contributed by atoms with Gasteiger partial charge in [0.15, 0.2) is 0 Å². The molecule has 162 valence electrons. The molecular formula is C22H27N7O2. The SMILES string of the molecule is C=C(C)CN(CC)c1nc(N)c2c(N)nc3c(c2c1C#N)CC(=O)N3C[C@H]1CCCO1. The topological polar surface area (TPSA) is 134 Å². The first kappa shape index (κ1) is 20.9. The molecule has 2 aromatic rings. The molecule has 4 heterocycles. The van der Waals surface area contributed by atoms with Crippen molar-refractivity contribution in [3.63, 3.8) is 0 Å². The number of carbonyl (C=O) groups excluding carboxylic acids is 1. The fourth-order valence-electron chi connectivity index (χ4n) is 4.43. The van der Waals surface area contributed by atoms with E-state index in [1.165, 1.54) is 0 Å². The normalized spacial score (nSPS) is 17.8. The number of pyridine rings is 2. The summed E-state index contributed by atoms with van der Waals surface area (Å²) in [4.78, 5) is 25.5. The Morgan fingerprint density at radius 2 is 2.10 bits per heavy atom. The number of likely N-dealkylation sites (N-methyl/N-ethyl adjacent to an activating group) is 1. The van der Waals surface area contributed by atoms with E-state index in [9.17, 15) is 10.1 Å². The lowest BCUT2D eigenvalue weighted by Crippen LogP contribution is -2.35. The monoisotopic (exact) mass is 421 g/mol. The summed E-state index contributed by atoms with van der Waals surface area (Å²) in [5, 5.41) is 11.1. The van der Waals surface area contributed by atoms with Crippen LogP contribution < -0.4 is 21.3 Å². The number of carbonyl (C=O) groups is 1. The molecule has 9 heteroatoms. The number of hydrogen-bond donors (Lipinski definition) is 2. The molecule has 0 radical (unpaired) electrons. The van der Waals surface area contributed by atoms with E-state index in [0.717, 1.165) is 18.4 Å². The first-order valence-electron chi connectivity index (χ1n) is 10.5. The van der Waals surface area contributed by atoms with Gasteiger partial charge in [-0.15, -0.1) is 0 Å². The fraction of sp³-hybridized carbons (Fsp3) is 0.455. The van der Waals surface area contributed by atoms with E-state index in [2.05, 4.69) is 22.6 Å². The summed E-state index contributed by atoms with van der Waals surface area (Å²) >= 11 is 0. The number of fused-ring (bicyclic) bond motifs is 3. The van der Waals surface area contributed by atoms with Gasteiger partial charge >= 0.3 is 0 Å². The summed E-state index contributed by atoms with van der Waals surface area (Å²) in [6, 6.07) is 2.29. The molecule has 4 rings (SSSR count). The smallest absolute Gasteiger partial charge is 0.232 e. The number of ether oxygens (including phenoxy) is 1. The average Bonchev–Trinajstić information content (AvgIpc) is 3.34. The van der Waals surface area contributed by atoms with Gasteiger partial charge in [-0.05, 0) is 26.7 Å². The Morgan fingerprint density at radius 1 is 1.35 bits per heavy atom. The summed E-state index contributed by atoms with van der Waals surface area (Å²) in [6.07, 6.45) is 2.00. The molecule has 4 N–H and O–H groups in total. The maximum Gasteiger partial charge on any atom is 0.232 e. The highest BCUT2D eigenvalue weighted by molar-refractivity contribution is 6.13. The zero-order valence-electron chi connectivity index (χ0n) is 17.9. The molecular weight excluding hydrogens is 394 g/mol. The van der Waals surface area contributed by atoms with Gasteiger partial charge in [-0.3, -0.25) is 9.69 Å². The molecule has 0 unspecified atom stereocenters. The van der Waals surface area contributed by atoms with Crippen molar-refractivity contribution in [2.45, 2.75) is 39.2 Å². The van der Waals surface area contributed by atoms with Crippen molar-refractivity contribution >= 4 is 40.0 Å². The van der Waals surface area contributed by atoms with Crippen LogP contribution in [0.15, 0.2) is 12.2 Å². The van der Waals surface area contributed by atoms with Crippen LogP contribution in [0.2, 0.25) is 0 Å². The molecule has 2 aliphatic rings. The van der Waals surface area contributed by atoms with E-state index >= 15 is 0 Å². The van der Waals surface area contributed by atoms with Crippen molar-refractivity contribution in [1.29, 1.82) is 5.26 Å². The van der Waals surface area contributed by atoms with Crippen molar-refractivity contribution < 1.29 is 9.53 Å². The molecule has 9 nitrogen and oxygen atoms in total. The van der Waals surface area contributed by atoms with E-state index in [-0.39, 0.29) is 30.1 Å². The number of rotatable bonds is 6. The maximum absolute atomic E-state index is 12.9. The number of aromatic nitrogens is 2. The fourth-order valence-corrected chi connectivity index (χ4v) is 4.43. The summed E-state index contributed by atoms with van der Waals surface area (Å²) in [5.74, 6) is 1.23. The number of nitriles is 1. The Labute approximate surface area is 181 Å². The molecule has 0 aromatic carbocycles. The van der Waals surface area contributed by atoms with E-state index in [1.807, 2.05) is 18.7 Å². The van der Waals surface area contributed by atoms with Crippen molar-refractivity contribution in [1.82, 2.24) is 9.97 Å². The lowest BCUT2D eigenvalue weighted by atomic mass is 10.0. The standard InChI is InChI=1S/C22H27N7O2/c1-4-28(10-12(2)3)21-15(9-23)17-14-8-16(30)29(11-13-6-5-7-31-13)22(14)27-20(25)18(17)19(24)26-21/h13H,2,4-8,10-11H2,1,3H3,(H2,24,26)(H2,25,27)/t13-/m1/s1. The van der Waals surface area contributed by atoms with Gasteiger partial charge in [0.05, 0.1) is 24.5 Å². The second-order valence-corrected chi connectivity index (χ2v) is 8.14. The van der Waals surface area contributed by atoms with Crippen LogP contribution in [0.1, 0.15) is 37.8 Å². The molecule has 1 fully saturated rings. The number of nitrogens with two attached hydrogens (primary N) is 2. The third-order valence-electron chi connectivity index (χ3n) is 5.81. The van der Waals surface area contributed by atoms with Gasteiger partial charge in [0.1, 0.15) is 34.9 Å². The minimum atomic E-state index is -0.0833. The van der Waals surface area contributed by atoms with Crippen LogP contribution in [-0.2, 0) is 16.0 Å². The van der Waals surface area contributed by atoms with Crippen LogP contribution in [-0.4, -0.2) is 48.2 Å². The summed E-state index contributed by atoms with van der Waals surface area (Å²) in [7, 11) is 0. The van der Waals surface area contributed by atoms with Crippen LogP contribution in [0, 0.1) is 11.3 Å². The highest BCUT2D eigenvalue weighted by Crippen LogP contribution is 2.42. The van der Waals surface area contributed by atoms with Gasteiger partial charge < -0.3 is 21.1 Å². The summed E-state index contributed by atoms with van der Waals surface area (Å²) in [5.41, 5.74) is 14.5. The van der Waals surface area contributed by atoms with Crippen molar-refractivity contribution in [3.8, 4) is 6.07 Å². The van der Waals surface area contributed by atoms with Gasteiger partial charge in [-0.1, -0.05) is 12.2 Å². The Bertz CT molecular complexity index is 1120. The summed E-state index contributed by atoms with van der Waals surface area (Å²) in [6.45, 7) is 10.1. The third kappa shape index (κ3) is 3.53. The van der Waals surface area contributed by atoms with E-state index in [0.29, 0.717) is 59.8 Å². The largest absolute Gasteiger partial charge is 0.383 e. The Balaban J connectivity index is 1.93. The lowest BCUT2D eigenvalue weighted by molar-refractivity contribution is -0.117. The average molecular weight is 422 g/mol. The molecule has 1 saturated heterocycles. The van der Waals surface area contributed by atoms with Crippen molar-refractivity contribution in [2.75, 3.05) is 47.5 Å². The molecule has 1 amide bonds. The lowest BCUT2D eigenvalue weighted by Gasteiger charge is -2.25. The number of anilines is 4. The highest BCUT2D eigenvalue weighted by Gasteiger charge is 2.36. The first-order chi connectivity index (χ1) is 14.8. The molecule has 0 saturated carbocycles. The quantitative estimate of drug-likeness (QED) is 0.678.